The Morgan fingerprint density at radius 1 is 1.00 bits per heavy atom. The Morgan fingerprint density at radius 3 is 2.58 bits per heavy atom. The summed E-state index contributed by atoms with van der Waals surface area (Å²) in [6.45, 7) is 1.93. The number of anilines is 1. The van der Waals surface area contributed by atoms with Crippen LogP contribution >= 0.6 is 0 Å². The van der Waals surface area contributed by atoms with Crippen molar-refractivity contribution in [3.8, 4) is 5.69 Å². The lowest BCUT2D eigenvalue weighted by atomic mass is 10.1. The van der Waals surface area contributed by atoms with Crippen molar-refractivity contribution in [1.82, 2.24) is 9.55 Å². The van der Waals surface area contributed by atoms with Crippen molar-refractivity contribution in [2.24, 2.45) is 0 Å². The largest absolute Gasteiger partial charge is 0.292 e. The van der Waals surface area contributed by atoms with Gasteiger partial charge in [-0.25, -0.2) is 9.37 Å². The fraction of sp³-hybridized carbons (Fsp3) is 0.0476. The first kappa shape index (κ1) is 16.0. The Bertz CT molecular complexity index is 1100. The average molecular weight is 345 g/mol. The topological polar surface area (TPSA) is 46.9 Å². The number of fused-ring (bicyclic) bond motifs is 1. The van der Waals surface area contributed by atoms with Crippen molar-refractivity contribution in [3.05, 3.63) is 89.7 Å². The van der Waals surface area contributed by atoms with Gasteiger partial charge >= 0.3 is 0 Å². The summed E-state index contributed by atoms with van der Waals surface area (Å²) in [5.74, 6) is -0.281. The van der Waals surface area contributed by atoms with Gasteiger partial charge in [-0.3, -0.25) is 14.7 Å². The standard InChI is InChI=1S/C21H16FN3O/c1-14-6-5-7-15(12-14)20(26)24-21-23-18-13-16(22)10-11-19(18)25(21)17-8-3-2-4-9-17/h2-13H,1H3,(H,23,24,26). The molecular formula is C21H16FN3O. The van der Waals surface area contributed by atoms with E-state index in [-0.39, 0.29) is 11.7 Å². The van der Waals surface area contributed by atoms with Crippen molar-refractivity contribution in [2.75, 3.05) is 5.32 Å². The molecule has 4 nitrogen and oxygen atoms in total. The van der Waals surface area contributed by atoms with Crippen LogP contribution in [0.4, 0.5) is 10.3 Å². The highest BCUT2D eigenvalue weighted by atomic mass is 19.1. The SMILES string of the molecule is Cc1cccc(C(=O)Nc2nc3cc(F)ccc3n2-c2ccccc2)c1. The van der Waals surface area contributed by atoms with E-state index < -0.39 is 0 Å². The number of amides is 1. The van der Waals surface area contributed by atoms with Crippen molar-refractivity contribution in [3.63, 3.8) is 0 Å². The van der Waals surface area contributed by atoms with Gasteiger partial charge in [-0.2, -0.15) is 0 Å². The van der Waals surface area contributed by atoms with Crippen LogP contribution in [0.15, 0.2) is 72.8 Å². The number of para-hydroxylation sites is 1. The summed E-state index contributed by atoms with van der Waals surface area (Å²) < 4.78 is 15.4. The molecule has 0 aliphatic rings. The van der Waals surface area contributed by atoms with Gasteiger partial charge < -0.3 is 0 Å². The van der Waals surface area contributed by atoms with Gasteiger partial charge in [0.1, 0.15) is 5.82 Å². The number of aryl methyl sites for hydroxylation is 1. The van der Waals surface area contributed by atoms with Crippen molar-refractivity contribution in [1.29, 1.82) is 0 Å². The maximum atomic E-state index is 13.6. The molecule has 1 amide bonds. The summed E-state index contributed by atoms with van der Waals surface area (Å²) >= 11 is 0. The van der Waals surface area contributed by atoms with Crippen molar-refractivity contribution < 1.29 is 9.18 Å². The number of aromatic nitrogens is 2. The smallest absolute Gasteiger partial charge is 0.257 e. The molecule has 0 spiro atoms. The molecule has 0 saturated carbocycles. The molecule has 5 heteroatoms. The molecule has 1 aromatic heterocycles. The minimum absolute atomic E-state index is 0.262. The molecule has 0 radical (unpaired) electrons. The third kappa shape index (κ3) is 2.95. The summed E-state index contributed by atoms with van der Waals surface area (Å²) in [6, 6.07) is 21.3. The summed E-state index contributed by atoms with van der Waals surface area (Å²) in [6.07, 6.45) is 0. The van der Waals surface area contributed by atoms with Crippen LogP contribution in [0, 0.1) is 12.7 Å². The minimum atomic E-state index is -0.369. The quantitative estimate of drug-likeness (QED) is 0.584. The number of nitrogens with zero attached hydrogens (tertiary/aromatic N) is 2. The fourth-order valence-corrected chi connectivity index (χ4v) is 2.94. The molecule has 4 aromatic rings. The number of carbonyl (C=O) groups excluding carboxylic acids is 1. The molecule has 4 rings (SSSR count). The number of hydrogen-bond donors (Lipinski definition) is 1. The predicted octanol–water partition coefficient (Wildman–Crippen LogP) is 4.73. The van der Waals surface area contributed by atoms with Gasteiger partial charge in [0.05, 0.1) is 11.0 Å². The number of halogens is 1. The Labute approximate surface area is 149 Å². The van der Waals surface area contributed by atoms with E-state index in [9.17, 15) is 9.18 Å². The highest BCUT2D eigenvalue weighted by Crippen LogP contribution is 2.25. The minimum Gasteiger partial charge on any atom is -0.292 e. The second-order valence-electron chi connectivity index (χ2n) is 6.06. The number of benzene rings is 3. The fourth-order valence-electron chi connectivity index (χ4n) is 2.94. The molecule has 0 unspecified atom stereocenters. The molecule has 128 valence electrons. The van der Waals surface area contributed by atoms with E-state index >= 15 is 0 Å². The first-order valence-electron chi connectivity index (χ1n) is 8.23. The van der Waals surface area contributed by atoms with Gasteiger partial charge in [-0.15, -0.1) is 0 Å². The third-order valence-corrected chi connectivity index (χ3v) is 4.14. The molecule has 0 aliphatic heterocycles. The van der Waals surface area contributed by atoms with Gasteiger partial charge in [-0.1, -0.05) is 35.9 Å². The third-order valence-electron chi connectivity index (χ3n) is 4.14. The monoisotopic (exact) mass is 345 g/mol. The van der Waals surface area contributed by atoms with E-state index in [1.165, 1.54) is 12.1 Å². The van der Waals surface area contributed by atoms with Crippen LogP contribution in [0.25, 0.3) is 16.7 Å². The molecule has 3 aromatic carbocycles. The predicted molar refractivity (Wildman–Crippen MR) is 100 cm³/mol. The van der Waals surface area contributed by atoms with E-state index in [0.717, 1.165) is 16.8 Å². The van der Waals surface area contributed by atoms with E-state index in [2.05, 4.69) is 10.3 Å². The number of nitrogens with one attached hydrogen (secondary N) is 1. The van der Waals surface area contributed by atoms with Crippen LogP contribution in [0.1, 0.15) is 15.9 Å². The summed E-state index contributed by atoms with van der Waals surface area (Å²) in [4.78, 5) is 17.1. The first-order chi connectivity index (χ1) is 12.6. The van der Waals surface area contributed by atoms with Gasteiger partial charge in [-0.05, 0) is 43.3 Å². The lowest BCUT2D eigenvalue weighted by molar-refractivity contribution is 0.102. The number of rotatable bonds is 3. The number of imidazole rings is 1. The van der Waals surface area contributed by atoms with E-state index in [1.54, 1.807) is 12.1 Å². The number of carbonyl (C=O) groups is 1. The van der Waals surface area contributed by atoms with Crippen LogP contribution in [-0.4, -0.2) is 15.5 Å². The van der Waals surface area contributed by atoms with Crippen LogP contribution in [0.2, 0.25) is 0 Å². The molecule has 0 saturated heterocycles. The Balaban J connectivity index is 1.82. The summed E-state index contributed by atoms with van der Waals surface area (Å²) in [7, 11) is 0. The van der Waals surface area contributed by atoms with Gasteiger partial charge in [0.2, 0.25) is 5.95 Å². The molecule has 1 heterocycles. The Kier molecular flexibility index (Phi) is 3.97. The van der Waals surface area contributed by atoms with Crippen LogP contribution < -0.4 is 5.32 Å². The summed E-state index contributed by atoms with van der Waals surface area (Å²) in [5.41, 5.74) is 3.57. The average Bonchev–Trinajstić information content (AvgIpc) is 2.99. The van der Waals surface area contributed by atoms with E-state index in [0.29, 0.717) is 17.0 Å². The van der Waals surface area contributed by atoms with Crippen LogP contribution in [-0.2, 0) is 0 Å². The maximum Gasteiger partial charge on any atom is 0.257 e. The van der Waals surface area contributed by atoms with E-state index in [4.69, 9.17) is 0 Å². The van der Waals surface area contributed by atoms with Gasteiger partial charge in [0, 0.05) is 17.3 Å². The van der Waals surface area contributed by atoms with Gasteiger partial charge in [0.25, 0.3) is 5.91 Å². The second-order valence-corrected chi connectivity index (χ2v) is 6.06. The van der Waals surface area contributed by atoms with E-state index in [1.807, 2.05) is 60.0 Å². The number of hydrogen-bond acceptors (Lipinski definition) is 2. The van der Waals surface area contributed by atoms with Crippen molar-refractivity contribution in [2.45, 2.75) is 6.92 Å². The maximum absolute atomic E-state index is 13.6. The molecular weight excluding hydrogens is 329 g/mol. The van der Waals surface area contributed by atoms with Crippen LogP contribution in [0.3, 0.4) is 0 Å². The van der Waals surface area contributed by atoms with Crippen molar-refractivity contribution >= 4 is 22.9 Å². The molecule has 0 bridgehead atoms. The zero-order chi connectivity index (χ0) is 18.1. The molecule has 0 fully saturated rings. The molecule has 0 aliphatic carbocycles. The normalized spacial score (nSPS) is 10.8. The molecule has 0 atom stereocenters. The molecule has 26 heavy (non-hydrogen) atoms. The summed E-state index contributed by atoms with van der Waals surface area (Å²) in [5, 5.41) is 2.85. The van der Waals surface area contributed by atoms with Crippen LogP contribution in [0.5, 0.6) is 0 Å². The Hall–Kier alpha value is -3.47. The van der Waals surface area contributed by atoms with Gasteiger partial charge in [0.15, 0.2) is 0 Å². The second kappa shape index (κ2) is 6.44. The zero-order valence-corrected chi connectivity index (χ0v) is 14.1. The lowest BCUT2D eigenvalue weighted by Crippen LogP contribution is -2.15. The highest BCUT2D eigenvalue weighted by molar-refractivity contribution is 6.04. The highest BCUT2D eigenvalue weighted by Gasteiger charge is 2.16. The Morgan fingerprint density at radius 2 is 1.81 bits per heavy atom. The molecule has 1 N–H and O–H groups in total. The first-order valence-corrected chi connectivity index (χ1v) is 8.23. The lowest BCUT2D eigenvalue weighted by Gasteiger charge is -2.10. The zero-order valence-electron chi connectivity index (χ0n) is 14.1.